The van der Waals surface area contributed by atoms with Crippen LogP contribution in [0.2, 0.25) is 0 Å². The van der Waals surface area contributed by atoms with Crippen molar-refractivity contribution in [2.45, 2.75) is 39.2 Å². The second-order valence-electron chi connectivity index (χ2n) is 5.49. The van der Waals surface area contributed by atoms with E-state index in [1.807, 2.05) is 20.8 Å². The Morgan fingerprint density at radius 3 is 2.35 bits per heavy atom. The van der Waals surface area contributed by atoms with E-state index in [0.717, 1.165) is 0 Å². The highest BCUT2D eigenvalue weighted by molar-refractivity contribution is 9.09. The van der Waals surface area contributed by atoms with Gasteiger partial charge >= 0.3 is 6.09 Å². The topological polar surface area (TPSA) is 53.3 Å². The summed E-state index contributed by atoms with van der Waals surface area (Å²) in [5.41, 5.74) is -0.783. The van der Waals surface area contributed by atoms with Crippen molar-refractivity contribution in [2.75, 3.05) is 18.4 Å². The van der Waals surface area contributed by atoms with E-state index in [0.29, 0.717) is 31.3 Å². The van der Waals surface area contributed by atoms with Gasteiger partial charge in [-0.1, -0.05) is 15.9 Å². The van der Waals surface area contributed by atoms with Crippen LogP contribution in [0.15, 0.2) is 0 Å². The molecule has 1 rings (SSSR count). The van der Waals surface area contributed by atoms with Crippen molar-refractivity contribution in [3.05, 3.63) is 0 Å². The lowest BCUT2D eigenvalue weighted by atomic mass is 9.82. The van der Waals surface area contributed by atoms with E-state index in [1.165, 1.54) is 0 Å². The zero-order chi connectivity index (χ0) is 13.1. The number of rotatable bonds is 1. The number of amides is 1. The van der Waals surface area contributed by atoms with Gasteiger partial charge in [0.05, 0.1) is 11.5 Å². The number of hydrogen-bond donors (Lipinski definition) is 0. The number of halogens is 1. The molecule has 1 heterocycles. The number of hydrogen-bond acceptors (Lipinski definition) is 3. The van der Waals surface area contributed by atoms with E-state index in [1.54, 1.807) is 4.90 Å². The number of carbonyl (C=O) groups is 1. The Hall–Kier alpha value is -0.760. The van der Waals surface area contributed by atoms with Crippen LogP contribution in [0.25, 0.3) is 0 Å². The highest BCUT2D eigenvalue weighted by atomic mass is 79.9. The molecule has 0 radical (unpaired) electrons. The molecule has 0 spiro atoms. The highest BCUT2D eigenvalue weighted by Crippen LogP contribution is 2.33. The van der Waals surface area contributed by atoms with E-state index in [4.69, 9.17) is 10.00 Å². The van der Waals surface area contributed by atoms with Crippen LogP contribution in [0.5, 0.6) is 0 Å². The summed E-state index contributed by atoms with van der Waals surface area (Å²) in [4.78, 5) is 13.5. The van der Waals surface area contributed by atoms with E-state index >= 15 is 0 Å². The summed E-state index contributed by atoms with van der Waals surface area (Å²) < 4.78 is 5.30. The summed E-state index contributed by atoms with van der Waals surface area (Å²) in [6, 6.07) is 2.35. The van der Waals surface area contributed by atoms with Crippen molar-refractivity contribution in [3.63, 3.8) is 0 Å². The van der Waals surface area contributed by atoms with Crippen LogP contribution in [-0.4, -0.2) is 35.0 Å². The van der Waals surface area contributed by atoms with Gasteiger partial charge in [0.25, 0.3) is 0 Å². The average molecular weight is 303 g/mol. The largest absolute Gasteiger partial charge is 0.444 e. The number of piperidine rings is 1. The predicted molar refractivity (Wildman–Crippen MR) is 68.9 cm³/mol. The number of nitrogens with zero attached hydrogens (tertiary/aromatic N) is 2. The Balaban J connectivity index is 2.53. The van der Waals surface area contributed by atoms with Crippen molar-refractivity contribution in [3.8, 4) is 6.07 Å². The summed E-state index contributed by atoms with van der Waals surface area (Å²) >= 11 is 3.38. The van der Waals surface area contributed by atoms with Crippen molar-refractivity contribution in [2.24, 2.45) is 5.41 Å². The fraction of sp³-hybridized carbons (Fsp3) is 0.833. The minimum Gasteiger partial charge on any atom is -0.444 e. The van der Waals surface area contributed by atoms with Gasteiger partial charge in [0.15, 0.2) is 0 Å². The maximum atomic E-state index is 11.8. The number of carbonyl (C=O) groups excluding carboxylic acids is 1. The Kier molecular flexibility index (Phi) is 4.42. The summed E-state index contributed by atoms with van der Waals surface area (Å²) in [6.07, 6.45) is 1.13. The van der Waals surface area contributed by atoms with E-state index in [9.17, 15) is 4.79 Å². The molecule has 0 aromatic rings. The molecule has 96 valence electrons. The molecule has 0 aromatic heterocycles. The minimum absolute atomic E-state index is 0.279. The normalized spacial score (nSPS) is 19.6. The first kappa shape index (κ1) is 14.3. The van der Waals surface area contributed by atoms with Gasteiger partial charge in [-0.25, -0.2) is 4.79 Å². The Morgan fingerprint density at radius 2 is 2.00 bits per heavy atom. The molecule has 0 bridgehead atoms. The van der Waals surface area contributed by atoms with Crippen LogP contribution in [0, 0.1) is 16.7 Å². The number of likely N-dealkylation sites (tertiary alicyclic amines) is 1. The zero-order valence-electron chi connectivity index (χ0n) is 10.6. The van der Waals surface area contributed by atoms with Gasteiger partial charge in [-0.3, -0.25) is 0 Å². The van der Waals surface area contributed by atoms with Crippen LogP contribution in [-0.2, 0) is 4.74 Å². The average Bonchev–Trinajstić information content (AvgIpc) is 2.27. The van der Waals surface area contributed by atoms with Crippen molar-refractivity contribution < 1.29 is 9.53 Å². The molecular formula is C12H19BrN2O2. The van der Waals surface area contributed by atoms with Gasteiger partial charge in [-0.2, -0.15) is 5.26 Å². The van der Waals surface area contributed by atoms with Crippen LogP contribution < -0.4 is 0 Å². The van der Waals surface area contributed by atoms with Gasteiger partial charge in [-0.05, 0) is 33.6 Å². The van der Waals surface area contributed by atoms with Crippen LogP contribution >= 0.6 is 15.9 Å². The molecule has 1 amide bonds. The van der Waals surface area contributed by atoms with E-state index < -0.39 is 5.60 Å². The van der Waals surface area contributed by atoms with E-state index in [-0.39, 0.29) is 11.5 Å². The standard InChI is InChI=1S/C12H19BrN2O2/c1-11(2,3)17-10(16)15-6-4-12(8-13,9-14)5-7-15/h4-8H2,1-3H3. The van der Waals surface area contributed by atoms with Crippen molar-refractivity contribution in [1.82, 2.24) is 4.90 Å². The van der Waals surface area contributed by atoms with Crippen LogP contribution in [0.3, 0.4) is 0 Å². The lowest BCUT2D eigenvalue weighted by Gasteiger charge is -2.36. The maximum absolute atomic E-state index is 11.8. The first-order valence-electron chi connectivity index (χ1n) is 5.77. The second kappa shape index (κ2) is 5.26. The fourth-order valence-corrected chi connectivity index (χ4v) is 2.41. The number of ether oxygens (including phenoxy) is 1. The Bertz CT molecular complexity index is 322. The van der Waals surface area contributed by atoms with Crippen molar-refractivity contribution >= 4 is 22.0 Å². The van der Waals surface area contributed by atoms with Crippen LogP contribution in [0.4, 0.5) is 4.79 Å². The number of alkyl halides is 1. The lowest BCUT2D eigenvalue weighted by molar-refractivity contribution is 0.0162. The Labute approximate surface area is 111 Å². The van der Waals surface area contributed by atoms with Gasteiger partial charge in [0.2, 0.25) is 0 Å². The van der Waals surface area contributed by atoms with Gasteiger partial charge in [-0.15, -0.1) is 0 Å². The molecule has 1 saturated heterocycles. The molecular weight excluding hydrogens is 284 g/mol. The Morgan fingerprint density at radius 1 is 1.47 bits per heavy atom. The van der Waals surface area contributed by atoms with E-state index in [2.05, 4.69) is 22.0 Å². The molecule has 0 aromatic carbocycles. The molecule has 1 fully saturated rings. The maximum Gasteiger partial charge on any atom is 0.410 e. The third-order valence-electron chi connectivity index (χ3n) is 2.87. The van der Waals surface area contributed by atoms with Gasteiger partial charge in [0.1, 0.15) is 5.60 Å². The SMILES string of the molecule is CC(C)(C)OC(=O)N1CCC(C#N)(CBr)CC1. The van der Waals surface area contributed by atoms with Crippen molar-refractivity contribution in [1.29, 1.82) is 5.26 Å². The minimum atomic E-state index is -0.462. The molecule has 0 atom stereocenters. The smallest absolute Gasteiger partial charge is 0.410 e. The quantitative estimate of drug-likeness (QED) is 0.700. The first-order chi connectivity index (χ1) is 7.82. The summed E-state index contributed by atoms with van der Waals surface area (Å²) in [5.74, 6) is 0. The fourth-order valence-electron chi connectivity index (χ4n) is 1.72. The summed E-state index contributed by atoms with van der Waals surface area (Å²) in [7, 11) is 0. The molecule has 5 heteroatoms. The molecule has 4 nitrogen and oxygen atoms in total. The second-order valence-corrected chi connectivity index (χ2v) is 6.05. The first-order valence-corrected chi connectivity index (χ1v) is 6.89. The number of nitriles is 1. The highest BCUT2D eigenvalue weighted by Gasteiger charge is 2.36. The van der Waals surface area contributed by atoms with Gasteiger partial charge in [0, 0.05) is 18.4 Å². The monoisotopic (exact) mass is 302 g/mol. The van der Waals surface area contributed by atoms with Gasteiger partial charge < -0.3 is 9.64 Å². The predicted octanol–water partition coefficient (Wildman–Crippen LogP) is 2.92. The summed E-state index contributed by atoms with van der Waals surface area (Å²) in [5, 5.41) is 9.80. The van der Waals surface area contributed by atoms with Crippen LogP contribution in [0.1, 0.15) is 33.6 Å². The lowest BCUT2D eigenvalue weighted by Crippen LogP contribution is -2.45. The molecule has 1 aliphatic rings. The molecule has 0 unspecified atom stereocenters. The molecule has 17 heavy (non-hydrogen) atoms. The molecule has 0 saturated carbocycles. The third-order valence-corrected chi connectivity index (χ3v) is 3.94. The molecule has 0 aliphatic carbocycles. The molecule has 0 N–H and O–H groups in total. The zero-order valence-corrected chi connectivity index (χ0v) is 12.2. The third kappa shape index (κ3) is 3.88. The summed E-state index contributed by atoms with van der Waals surface area (Å²) in [6.45, 7) is 6.74. The molecule has 1 aliphatic heterocycles.